The van der Waals surface area contributed by atoms with Crippen molar-refractivity contribution in [1.82, 2.24) is 0 Å². The van der Waals surface area contributed by atoms with E-state index in [1.54, 1.807) is 31.2 Å². The second-order valence-corrected chi connectivity index (χ2v) is 5.72. The van der Waals surface area contributed by atoms with Gasteiger partial charge in [0.2, 0.25) is 5.91 Å². The topological polar surface area (TPSA) is 67.8 Å². The molecular formula is C19H18N2O3. The van der Waals surface area contributed by atoms with Gasteiger partial charge in [-0.3, -0.25) is 9.59 Å². The Labute approximate surface area is 140 Å². The predicted molar refractivity (Wildman–Crippen MR) is 92.1 cm³/mol. The Bertz CT molecular complexity index is 799. The van der Waals surface area contributed by atoms with Gasteiger partial charge in [-0.2, -0.15) is 0 Å². The lowest BCUT2D eigenvalue weighted by atomic mass is 9.92. The first-order chi connectivity index (χ1) is 11.6. The molecule has 0 aliphatic carbocycles. The molecule has 3 rings (SSSR count). The van der Waals surface area contributed by atoms with Crippen LogP contribution in [0.4, 0.5) is 5.69 Å². The van der Waals surface area contributed by atoms with Gasteiger partial charge in [0.25, 0.3) is 0 Å². The highest BCUT2D eigenvalue weighted by Gasteiger charge is 2.38. The molecule has 0 radical (unpaired) electrons. The summed E-state index contributed by atoms with van der Waals surface area (Å²) < 4.78 is 0. The minimum Gasteiger partial charge on any atom is -0.391 e. The van der Waals surface area contributed by atoms with Crippen LogP contribution in [-0.4, -0.2) is 23.5 Å². The molecule has 2 aromatic rings. The molecule has 1 N–H and O–H groups in total. The van der Waals surface area contributed by atoms with Gasteiger partial charge in [0, 0.05) is 11.1 Å². The van der Waals surface area contributed by atoms with Crippen molar-refractivity contribution >= 4 is 23.1 Å². The smallest absolute Gasteiger partial charge is 0.237 e. The quantitative estimate of drug-likeness (QED) is 0.879. The molecule has 0 aromatic heterocycles. The van der Waals surface area contributed by atoms with Crippen molar-refractivity contribution in [3.8, 4) is 0 Å². The number of hydrogen-bond acceptors (Lipinski definition) is 4. The van der Waals surface area contributed by atoms with E-state index in [0.29, 0.717) is 17.0 Å². The van der Waals surface area contributed by atoms with Gasteiger partial charge in [0.15, 0.2) is 5.78 Å². The molecule has 0 bridgehead atoms. The van der Waals surface area contributed by atoms with Crippen molar-refractivity contribution in [1.29, 1.82) is 0 Å². The fourth-order valence-corrected chi connectivity index (χ4v) is 2.77. The summed E-state index contributed by atoms with van der Waals surface area (Å²) in [6.45, 7) is 3.28. The van der Waals surface area contributed by atoms with Crippen LogP contribution < -0.4 is 5.32 Å². The van der Waals surface area contributed by atoms with Gasteiger partial charge >= 0.3 is 0 Å². The third-order valence-electron chi connectivity index (χ3n) is 4.00. The molecule has 1 aliphatic heterocycles. The number of nitrogens with one attached hydrogen (secondary N) is 1. The van der Waals surface area contributed by atoms with Crippen LogP contribution in [0, 0.1) is 5.92 Å². The van der Waals surface area contributed by atoms with Crippen LogP contribution in [0.1, 0.15) is 29.8 Å². The molecule has 122 valence electrons. The highest BCUT2D eigenvalue weighted by molar-refractivity contribution is 6.17. The van der Waals surface area contributed by atoms with Crippen molar-refractivity contribution in [3.05, 3.63) is 65.7 Å². The molecule has 5 heteroatoms. The normalized spacial score (nSPS) is 19.3. The number of benzene rings is 2. The second kappa shape index (κ2) is 6.66. The van der Waals surface area contributed by atoms with Crippen molar-refractivity contribution in [2.45, 2.75) is 20.0 Å². The summed E-state index contributed by atoms with van der Waals surface area (Å²) in [5, 5.41) is 6.92. The van der Waals surface area contributed by atoms with E-state index in [9.17, 15) is 9.59 Å². The van der Waals surface area contributed by atoms with Gasteiger partial charge in [-0.25, -0.2) is 0 Å². The summed E-state index contributed by atoms with van der Waals surface area (Å²) >= 11 is 0. The molecular weight excluding hydrogens is 304 g/mol. The molecule has 1 amide bonds. The van der Waals surface area contributed by atoms with Crippen LogP contribution in [-0.2, 0) is 9.63 Å². The monoisotopic (exact) mass is 322 g/mol. The van der Waals surface area contributed by atoms with Gasteiger partial charge in [-0.05, 0) is 26.0 Å². The first kappa shape index (κ1) is 15.9. The maximum absolute atomic E-state index is 12.8. The van der Waals surface area contributed by atoms with E-state index in [1.807, 2.05) is 30.3 Å². The van der Waals surface area contributed by atoms with Gasteiger partial charge < -0.3 is 10.2 Å². The Morgan fingerprint density at radius 2 is 1.71 bits per heavy atom. The molecule has 2 atom stereocenters. The standard InChI is InChI=1S/C19H18N2O3/c1-12(22)15-10-6-7-11-16(15)20-19(23)17-13(2)24-21-18(17)14-8-4-3-5-9-14/h3-11,13,17H,1-2H3,(H,20,23). The number of carbonyl (C=O) groups excluding carboxylic acids is 2. The maximum Gasteiger partial charge on any atom is 0.237 e. The van der Waals surface area contributed by atoms with Crippen molar-refractivity contribution in [2.24, 2.45) is 11.1 Å². The Hall–Kier alpha value is -2.95. The van der Waals surface area contributed by atoms with E-state index in [2.05, 4.69) is 10.5 Å². The van der Waals surface area contributed by atoms with E-state index in [0.717, 1.165) is 5.56 Å². The number of Topliss-reactive ketones (excluding diaryl/α,β-unsaturated/α-hetero) is 1. The van der Waals surface area contributed by atoms with E-state index in [-0.39, 0.29) is 17.8 Å². The maximum atomic E-state index is 12.8. The summed E-state index contributed by atoms with van der Waals surface area (Å²) in [6.07, 6.45) is -0.371. The number of amides is 1. The van der Waals surface area contributed by atoms with Gasteiger partial charge in [0.1, 0.15) is 17.7 Å². The average molecular weight is 322 g/mol. The largest absolute Gasteiger partial charge is 0.391 e. The number of nitrogens with zero attached hydrogens (tertiary/aromatic N) is 1. The van der Waals surface area contributed by atoms with E-state index >= 15 is 0 Å². The molecule has 1 heterocycles. The molecule has 0 saturated carbocycles. The highest BCUT2D eigenvalue weighted by Crippen LogP contribution is 2.25. The number of para-hydroxylation sites is 1. The van der Waals surface area contributed by atoms with Crippen molar-refractivity contribution in [2.75, 3.05) is 5.32 Å². The van der Waals surface area contributed by atoms with Crippen LogP contribution in [0.2, 0.25) is 0 Å². The fraction of sp³-hybridized carbons (Fsp3) is 0.211. The number of carbonyl (C=O) groups is 2. The molecule has 1 aliphatic rings. The zero-order valence-electron chi connectivity index (χ0n) is 13.5. The minimum atomic E-state index is -0.535. The Balaban J connectivity index is 1.87. The predicted octanol–water partition coefficient (Wildman–Crippen LogP) is 3.27. The average Bonchev–Trinajstić information content (AvgIpc) is 2.97. The summed E-state index contributed by atoms with van der Waals surface area (Å²) in [7, 11) is 0. The van der Waals surface area contributed by atoms with Gasteiger partial charge in [-0.1, -0.05) is 47.6 Å². The molecule has 5 nitrogen and oxygen atoms in total. The van der Waals surface area contributed by atoms with Crippen LogP contribution in [0.15, 0.2) is 59.8 Å². The SMILES string of the molecule is CC(=O)c1ccccc1NC(=O)C1C(c2ccccc2)=NOC1C. The molecule has 0 saturated heterocycles. The van der Waals surface area contributed by atoms with Gasteiger partial charge in [0.05, 0.1) is 5.69 Å². The number of rotatable bonds is 4. The Morgan fingerprint density at radius 1 is 1.04 bits per heavy atom. The summed E-state index contributed by atoms with van der Waals surface area (Å²) in [5.74, 6) is -0.873. The minimum absolute atomic E-state index is 0.0985. The molecule has 0 fully saturated rings. The Morgan fingerprint density at radius 3 is 2.42 bits per heavy atom. The van der Waals surface area contributed by atoms with Crippen LogP contribution >= 0.6 is 0 Å². The first-order valence-electron chi connectivity index (χ1n) is 7.78. The molecule has 0 spiro atoms. The summed E-state index contributed by atoms with van der Waals surface area (Å²) in [6, 6.07) is 16.4. The zero-order valence-corrected chi connectivity index (χ0v) is 13.5. The lowest BCUT2D eigenvalue weighted by Crippen LogP contribution is -2.34. The second-order valence-electron chi connectivity index (χ2n) is 5.72. The number of oxime groups is 1. The lowest BCUT2D eigenvalue weighted by molar-refractivity contribution is -0.120. The van der Waals surface area contributed by atoms with E-state index < -0.39 is 5.92 Å². The van der Waals surface area contributed by atoms with Crippen LogP contribution in [0.3, 0.4) is 0 Å². The van der Waals surface area contributed by atoms with Crippen LogP contribution in [0.25, 0.3) is 0 Å². The number of hydrogen-bond donors (Lipinski definition) is 1. The summed E-state index contributed by atoms with van der Waals surface area (Å²) in [4.78, 5) is 29.8. The van der Waals surface area contributed by atoms with Gasteiger partial charge in [-0.15, -0.1) is 0 Å². The first-order valence-corrected chi connectivity index (χ1v) is 7.78. The van der Waals surface area contributed by atoms with Crippen LogP contribution in [0.5, 0.6) is 0 Å². The highest BCUT2D eigenvalue weighted by atomic mass is 16.6. The Kier molecular flexibility index (Phi) is 4.42. The third kappa shape index (κ3) is 3.06. The lowest BCUT2D eigenvalue weighted by Gasteiger charge is -2.16. The van der Waals surface area contributed by atoms with E-state index in [1.165, 1.54) is 6.92 Å². The zero-order chi connectivity index (χ0) is 17.1. The molecule has 2 aromatic carbocycles. The third-order valence-corrected chi connectivity index (χ3v) is 4.00. The van der Waals surface area contributed by atoms with Crippen molar-refractivity contribution < 1.29 is 14.4 Å². The molecule has 24 heavy (non-hydrogen) atoms. The van der Waals surface area contributed by atoms with Crippen molar-refractivity contribution in [3.63, 3.8) is 0 Å². The number of anilines is 1. The fourth-order valence-electron chi connectivity index (χ4n) is 2.77. The summed E-state index contributed by atoms with van der Waals surface area (Å²) in [5.41, 5.74) is 2.43. The number of ketones is 1. The molecule has 2 unspecified atom stereocenters. The van der Waals surface area contributed by atoms with E-state index in [4.69, 9.17) is 4.84 Å².